The van der Waals surface area contributed by atoms with Gasteiger partial charge in [-0.15, -0.1) is 0 Å². The molecule has 3 aromatic rings. The van der Waals surface area contributed by atoms with Gasteiger partial charge >= 0.3 is 5.69 Å². The average Bonchev–Trinajstić information content (AvgIpc) is 3.30. The van der Waals surface area contributed by atoms with E-state index >= 15 is 0 Å². The molecule has 0 saturated carbocycles. The number of ether oxygens (including phenoxy) is 1. The normalized spacial score (nSPS) is 21.6. The molecule has 2 fully saturated rings. The van der Waals surface area contributed by atoms with E-state index in [4.69, 9.17) is 9.72 Å². The molecule has 10 heteroatoms. The Morgan fingerprint density at radius 3 is 2.47 bits per heavy atom. The Morgan fingerprint density at radius 2 is 1.82 bits per heavy atom. The van der Waals surface area contributed by atoms with Gasteiger partial charge in [0.15, 0.2) is 5.82 Å². The van der Waals surface area contributed by atoms with E-state index in [2.05, 4.69) is 70.8 Å². The summed E-state index contributed by atoms with van der Waals surface area (Å²) in [4.78, 5) is 29.3. The van der Waals surface area contributed by atoms with Crippen LogP contribution in [0.2, 0.25) is 0 Å². The van der Waals surface area contributed by atoms with Gasteiger partial charge in [-0.05, 0) is 45.4 Å². The van der Waals surface area contributed by atoms with Crippen molar-refractivity contribution in [1.82, 2.24) is 24.0 Å². The minimum atomic E-state index is -0.304. The molecule has 2 saturated heterocycles. The summed E-state index contributed by atoms with van der Waals surface area (Å²) in [6, 6.07) is 11.8. The van der Waals surface area contributed by atoms with Crippen molar-refractivity contribution < 1.29 is 4.74 Å². The molecule has 202 valence electrons. The highest BCUT2D eigenvalue weighted by atomic mass is 16.5. The Morgan fingerprint density at radius 1 is 1.11 bits per heavy atom. The number of hydrogen-bond acceptors (Lipinski definition) is 8. The monoisotopic (exact) mass is 518 g/mol. The van der Waals surface area contributed by atoms with Crippen molar-refractivity contribution in [2.75, 3.05) is 49.2 Å². The fourth-order valence-corrected chi connectivity index (χ4v) is 5.99. The lowest BCUT2D eigenvalue weighted by Crippen LogP contribution is -2.57. The van der Waals surface area contributed by atoms with Gasteiger partial charge in [0.1, 0.15) is 17.0 Å². The number of anilines is 2. The van der Waals surface area contributed by atoms with Crippen LogP contribution >= 0.6 is 0 Å². The second-order valence-electron chi connectivity index (χ2n) is 10.5. The lowest BCUT2D eigenvalue weighted by Gasteiger charge is -2.47. The summed E-state index contributed by atoms with van der Waals surface area (Å²) in [5, 5.41) is 9.33. The van der Waals surface area contributed by atoms with Crippen molar-refractivity contribution in [3.05, 3.63) is 46.1 Å². The Balaban J connectivity index is 1.40. The van der Waals surface area contributed by atoms with Crippen molar-refractivity contribution in [1.29, 1.82) is 5.26 Å². The van der Waals surface area contributed by atoms with Crippen LogP contribution in [-0.4, -0.2) is 75.5 Å². The molecule has 38 heavy (non-hydrogen) atoms. The molecule has 1 unspecified atom stereocenters. The molecule has 5 rings (SSSR count). The number of hydrogen-bond donors (Lipinski definition) is 0. The summed E-state index contributed by atoms with van der Waals surface area (Å²) in [7, 11) is 1.72. The summed E-state index contributed by atoms with van der Waals surface area (Å²) >= 11 is 0. The van der Waals surface area contributed by atoms with E-state index in [0.717, 1.165) is 45.0 Å². The Bertz CT molecular complexity index is 1380. The summed E-state index contributed by atoms with van der Waals surface area (Å²) in [6.45, 7) is 14.3. The predicted octanol–water partition coefficient (Wildman–Crippen LogP) is 2.71. The van der Waals surface area contributed by atoms with Gasteiger partial charge in [-0.3, -0.25) is 9.47 Å². The Labute approximate surface area is 224 Å². The van der Waals surface area contributed by atoms with Gasteiger partial charge < -0.3 is 19.1 Å². The van der Waals surface area contributed by atoms with Gasteiger partial charge in [-0.1, -0.05) is 12.1 Å². The SMILES string of the molecule is CCn1c(CC#N)nc2c(N3C[C@@H](C)N(C(C)c4ccc(N5CCOCC5)cc4)C[C@@H]3C)nc(=O)n(C)c21. The van der Waals surface area contributed by atoms with Crippen molar-refractivity contribution in [2.45, 2.75) is 58.8 Å². The smallest absolute Gasteiger partial charge is 0.350 e. The maximum absolute atomic E-state index is 12.9. The van der Waals surface area contributed by atoms with E-state index in [1.807, 2.05) is 11.5 Å². The molecule has 0 N–H and O–H groups in total. The number of imidazole rings is 1. The molecule has 10 nitrogen and oxygen atoms in total. The Hall–Kier alpha value is -3.42. The van der Waals surface area contributed by atoms with Crippen LogP contribution < -0.4 is 15.5 Å². The second kappa shape index (κ2) is 10.8. The topological polar surface area (TPSA) is 95.5 Å². The van der Waals surface area contributed by atoms with Gasteiger partial charge in [0.05, 0.1) is 25.7 Å². The number of benzene rings is 1. The quantitative estimate of drug-likeness (QED) is 0.492. The molecule has 3 atom stereocenters. The molecule has 0 spiro atoms. The van der Waals surface area contributed by atoms with Crippen molar-refractivity contribution in [2.24, 2.45) is 7.05 Å². The summed E-state index contributed by atoms with van der Waals surface area (Å²) in [5.41, 5.74) is 3.66. The number of rotatable bonds is 6. The van der Waals surface area contributed by atoms with Gasteiger partial charge in [0.2, 0.25) is 0 Å². The molecule has 2 aliphatic rings. The van der Waals surface area contributed by atoms with Gasteiger partial charge in [0.25, 0.3) is 0 Å². The number of piperazine rings is 1. The van der Waals surface area contributed by atoms with E-state index in [0.29, 0.717) is 23.7 Å². The van der Waals surface area contributed by atoms with Gasteiger partial charge in [-0.2, -0.15) is 10.2 Å². The summed E-state index contributed by atoms with van der Waals surface area (Å²) in [5.74, 6) is 1.29. The lowest BCUT2D eigenvalue weighted by atomic mass is 10.0. The highest BCUT2D eigenvalue weighted by Gasteiger charge is 2.35. The number of fused-ring (bicyclic) bond motifs is 1. The predicted molar refractivity (Wildman–Crippen MR) is 149 cm³/mol. The number of morpholine rings is 1. The minimum absolute atomic E-state index is 0.135. The third-order valence-corrected chi connectivity index (χ3v) is 8.15. The highest BCUT2D eigenvalue weighted by molar-refractivity contribution is 5.84. The van der Waals surface area contributed by atoms with Crippen LogP contribution in [-0.2, 0) is 24.8 Å². The third-order valence-electron chi connectivity index (χ3n) is 8.15. The van der Waals surface area contributed by atoms with E-state index in [-0.39, 0.29) is 30.2 Å². The first-order valence-electron chi connectivity index (χ1n) is 13.6. The number of aromatic nitrogens is 4. The fourth-order valence-electron chi connectivity index (χ4n) is 5.99. The minimum Gasteiger partial charge on any atom is -0.378 e. The van der Waals surface area contributed by atoms with E-state index < -0.39 is 0 Å². The molecular weight excluding hydrogens is 480 g/mol. The summed E-state index contributed by atoms with van der Waals surface area (Å²) < 4.78 is 8.99. The number of nitrogens with zero attached hydrogens (tertiary/aromatic N) is 8. The number of nitriles is 1. The largest absolute Gasteiger partial charge is 0.378 e. The van der Waals surface area contributed by atoms with Crippen molar-refractivity contribution >= 4 is 22.7 Å². The first kappa shape index (κ1) is 26.2. The zero-order valence-corrected chi connectivity index (χ0v) is 23.1. The first-order valence-corrected chi connectivity index (χ1v) is 13.6. The lowest BCUT2D eigenvalue weighted by molar-refractivity contribution is 0.119. The van der Waals surface area contributed by atoms with Crippen LogP contribution in [0, 0.1) is 11.3 Å². The molecular formula is C28H38N8O2. The maximum Gasteiger partial charge on any atom is 0.350 e. The van der Waals surface area contributed by atoms with Crippen LogP contribution in [0.15, 0.2) is 29.1 Å². The highest BCUT2D eigenvalue weighted by Crippen LogP contribution is 2.32. The fraction of sp³-hybridized carbons (Fsp3) is 0.571. The first-order chi connectivity index (χ1) is 18.3. The van der Waals surface area contributed by atoms with Crippen LogP contribution in [0.5, 0.6) is 0 Å². The van der Waals surface area contributed by atoms with Gasteiger partial charge in [-0.25, -0.2) is 9.78 Å². The van der Waals surface area contributed by atoms with Crippen LogP contribution in [0.1, 0.15) is 45.1 Å². The maximum atomic E-state index is 12.9. The van der Waals surface area contributed by atoms with Crippen molar-refractivity contribution in [3.8, 4) is 6.07 Å². The van der Waals surface area contributed by atoms with E-state index in [9.17, 15) is 10.1 Å². The van der Waals surface area contributed by atoms with Gasteiger partial charge in [0, 0.05) is 63.6 Å². The van der Waals surface area contributed by atoms with Crippen LogP contribution in [0.3, 0.4) is 0 Å². The second-order valence-corrected chi connectivity index (χ2v) is 10.5. The molecule has 0 radical (unpaired) electrons. The molecule has 2 aliphatic heterocycles. The average molecular weight is 519 g/mol. The van der Waals surface area contributed by atoms with E-state index in [1.54, 1.807) is 11.6 Å². The zero-order valence-electron chi connectivity index (χ0n) is 23.1. The standard InChI is InChI=1S/C28H38N8O2/c1-6-34-24(11-12-29)30-25-26(31-28(37)32(5)27(25)34)36-18-19(2)35(17-20(36)3)21(4)22-7-9-23(10-8-22)33-13-15-38-16-14-33/h7-10,19-21H,6,11,13-18H2,1-5H3/t19-,20+,21?/m1/s1. The number of aryl methyl sites for hydroxylation is 2. The Kier molecular flexibility index (Phi) is 7.41. The molecule has 0 aliphatic carbocycles. The zero-order chi connectivity index (χ0) is 27.0. The molecule has 1 aromatic carbocycles. The van der Waals surface area contributed by atoms with Crippen LogP contribution in [0.4, 0.5) is 11.5 Å². The molecule has 0 bridgehead atoms. The third kappa shape index (κ3) is 4.65. The molecule has 4 heterocycles. The summed E-state index contributed by atoms with van der Waals surface area (Å²) in [6.07, 6.45) is 0.192. The molecule has 2 aromatic heterocycles. The van der Waals surface area contributed by atoms with E-state index in [1.165, 1.54) is 11.3 Å². The van der Waals surface area contributed by atoms with Crippen molar-refractivity contribution in [3.63, 3.8) is 0 Å². The van der Waals surface area contributed by atoms with Crippen LogP contribution in [0.25, 0.3) is 11.2 Å². The molecule has 0 amide bonds.